The average molecular weight is 248 g/mol. The Morgan fingerprint density at radius 2 is 2.00 bits per heavy atom. The number of hydrogen-bond donors (Lipinski definition) is 0. The Morgan fingerprint density at radius 3 is 2.59 bits per heavy atom. The molecule has 0 radical (unpaired) electrons. The number of benzene rings is 1. The SMILES string of the molecule is Cc1ccc(COC(=O)c2snnc2C)cc1. The Hall–Kier alpha value is -1.75. The van der Waals surface area contributed by atoms with Gasteiger partial charge in [-0.25, -0.2) is 4.79 Å². The second kappa shape index (κ2) is 5.05. The third-order valence-electron chi connectivity index (χ3n) is 2.33. The maximum Gasteiger partial charge on any atom is 0.352 e. The molecule has 0 saturated carbocycles. The van der Waals surface area contributed by atoms with Crippen LogP contribution in [0.4, 0.5) is 0 Å². The molecular formula is C12H12N2O2S. The first kappa shape index (κ1) is 11.7. The number of rotatable bonds is 3. The first-order chi connectivity index (χ1) is 8.16. The van der Waals surface area contributed by atoms with Crippen molar-refractivity contribution < 1.29 is 9.53 Å². The minimum atomic E-state index is -0.363. The molecule has 0 aliphatic rings. The van der Waals surface area contributed by atoms with Gasteiger partial charge in [-0.15, -0.1) is 5.10 Å². The summed E-state index contributed by atoms with van der Waals surface area (Å²) >= 11 is 1.06. The van der Waals surface area contributed by atoms with Gasteiger partial charge >= 0.3 is 5.97 Å². The summed E-state index contributed by atoms with van der Waals surface area (Å²) in [5.41, 5.74) is 2.77. The summed E-state index contributed by atoms with van der Waals surface area (Å²) in [4.78, 5) is 12.1. The van der Waals surface area contributed by atoms with Crippen molar-refractivity contribution in [2.24, 2.45) is 0 Å². The minimum Gasteiger partial charge on any atom is -0.457 e. The molecule has 0 unspecified atom stereocenters. The number of ether oxygens (including phenoxy) is 1. The molecule has 1 aromatic heterocycles. The maximum atomic E-state index is 11.7. The zero-order valence-corrected chi connectivity index (χ0v) is 10.5. The molecule has 0 aliphatic carbocycles. The first-order valence-corrected chi connectivity index (χ1v) is 5.96. The number of aromatic nitrogens is 2. The van der Waals surface area contributed by atoms with E-state index in [1.54, 1.807) is 6.92 Å². The lowest BCUT2D eigenvalue weighted by Crippen LogP contribution is -2.04. The molecule has 0 N–H and O–H groups in total. The van der Waals surface area contributed by atoms with E-state index >= 15 is 0 Å². The highest BCUT2D eigenvalue weighted by Crippen LogP contribution is 2.12. The van der Waals surface area contributed by atoms with E-state index in [1.807, 2.05) is 31.2 Å². The summed E-state index contributed by atoms with van der Waals surface area (Å²) in [6.45, 7) is 4.03. The Labute approximate surface area is 103 Å². The van der Waals surface area contributed by atoms with Gasteiger partial charge in [-0.1, -0.05) is 34.3 Å². The Bertz CT molecular complexity index is 520. The van der Waals surface area contributed by atoms with E-state index in [0.29, 0.717) is 10.6 Å². The van der Waals surface area contributed by atoms with Gasteiger partial charge in [0.25, 0.3) is 0 Å². The van der Waals surface area contributed by atoms with Crippen molar-refractivity contribution >= 4 is 17.5 Å². The highest BCUT2D eigenvalue weighted by atomic mass is 32.1. The molecule has 17 heavy (non-hydrogen) atoms. The molecule has 0 aliphatic heterocycles. The van der Waals surface area contributed by atoms with E-state index in [0.717, 1.165) is 17.1 Å². The van der Waals surface area contributed by atoms with Crippen LogP contribution in [0.15, 0.2) is 24.3 Å². The largest absolute Gasteiger partial charge is 0.457 e. The quantitative estimate of drug-likeness (QED) is 0.783. The molecule has 88 valence electrons. The second-order valence-corrected chi connectivity index (χ2v) is 4.50. The molecule has 2 rings (SSSR count). The van der Waals surface area contributed by atoms with Gasteiger partial charge in [0, 0.05) is 0 Å². The summed E-state index contributed by atoms with van der Waals surface area (Å²) in [5.74, 6) is -0.363. The lowest BCUT2D eigenvalue weighted by atomic mass is 10.2. The Balaban J connectivity index is 1.97. The minimum absolute atomic E-state index is 0.274. The molecule has 0 fully saturated rings. The third-order valence-corrected chi connectivity index (χ3v) is 3.14. The van der Waals surface area contributed by atoms with Crippen LogP contribution < -0.4 is 0 Å². The van der Waals surface area contributed by atoms with Gasteiger partial charge in [-0.2, -0.15) is 0 Å². The van der Waals surface area contributed by atoms with Crippen LogP contribution in [0.5, 0.6) is 0 Å². The van der Waals surface area contributed by atoms with Crippen LogP contribution >= 0.6 is 11.5 Å². The Morgan fingerprint density at radius 1 is 1.29 bits per heavy atom. The zero-order chi connectivity index (χ0) is 12.3. The van der Waals surface area contributed by atoms with Gasteiger partial charge in [0.15, 0.2) is 4.88 Å². The number of nitrogens with zero attached hydrogens (tertiary/aromatic N) is 2. The second-order valence-electron chi connectivity index (χ2n) is 3.75. The van der Waals surface area contributed by atoms with E-state index < -0.39 is 0 Å². The smallest absolute Gasteiger partial charge is 0.352 e. The first-order valence-electron chi connectivity index (χ1n) is 5.18. The topological polar surface area (TPSA) is 52.1 Å². The molecule has 0 atom stereocenters. The highest BCUT2D eigenvalue weighted by Gasteiger charge is 2.14. The standard InChI is InChI=1S/C12H12N2O2S/c1-8-3-5-10(6-4-8)7-16-12(15)11-9(2)13-14-17-11/h3-6H,7H2,1-2H3. The van der Waals surface area contributed by atoms with Crippen molar-refractivity contribution in [2.45, 2.75) is 20.5 Å². The number of carbonyl (C=O) groups excluding carboxylic acids is 1. The van der Waals surface area contributed by atoms with Crippen molar-refractivity contribution in [2.75, 3.05) is 0 Å². The van der Waals surface area contributed by atoms with Gasteiger partial charge in [0.05, 0.1) is 5.69 Å². The molecule has 0 saturated heterocycles. The number of hydrogen-bond acceptors (Lipinski definition) is 5. The summed E-state index contributed by atoms with van der Waals surface area (Å²) in [6.07, 6.45) is 0. The van der Waals surface area contributed by atoms with E-state index in [1.165, 1.54) is 5.56 Å². The molecule has 2 aromatic rings. The summed E-state index contributed by atoms with van der Waals surface area (Å²) in [5, 5.41) is 3.77. The molecule has 1 aromatic carbocycles. The van der Waals surface area contributed by atoms with E-state index in [-0.39, 0.29) is 12.6 Å². The monoisotopic (exact) mass is 248 g/mol. The lowest BCUT2D eigenvalue weighted by Gasteiger charge is -2.03. The predicted molar refractivity (Wildman–Crippen MR) is 64.9 cm³/mol. The summed E-state index contributed by atoms with van der Waals surface area (Å²) in [6, 6.07) is 7.87. The number of aryl methyl sites for hydroxylation is 2. The van der Waals surface area contributed by atoms with Gasteiger partial charge in [-0.3, -0.25) is 0 Å². The fourth-order valence-corrected chi connectivity index (χ4v) is 1.87. The molecule has 0 amide bonds. The lowest BCUT2D eigenvalue weighted by molar-refractivity contribution is 0.0477. The Kier molecular flexibility index (Phi) is 3.49. The molecule has 0 bridgehead atoms. The van der Waals surface area contributed by atoms with E-state index in [4.69, 9.17) is 4.74 Å². The zero-order valence-electron chi connectivity index (χ0n) is 9.64. The van der Waals surface area contributed by atoms with Gasteiger partial charge < -0.3 is 4.74 Å². The highest BCUT2D eigenvalue weighted by molar-refractivity contribution is 7.07. The number of esters is 1. The van der Waals surface area contributed by atoms with Crippen molar-refractivity contribution in [1.82, 2.24) is 9.59 Å². The molecular weight excluding hydrogens is 236 g/mol. The van der Waals surface area contributed by atoms with Gasteiger partial charge in [0.1, 0.15) is 6.61 Å². The fourth-order valence-electron chi connectivity index (χ4n) is 1.32. The van der Waals surface area contributed by atoms with Crippen LogP contribution in [0.3, 0.4) is 0 Å². The molecule has 5 heteroatoms. The molecule has 1 heterocycles. The van der Waals surface area contributed by atoms with Crippen LogP contribution in [-0.2, 0) is 11.3 Å². The van der Waals surface area contributed by atoms with Crippen molar-refractivity contribution in [3.63, 3.8) is 0 Å². The molecule has 0 spiro atoms. The van der Waals surface area contributed by atoms with Crippen molar-refractivity contribution in [3.8, 4) is 0 Å². The van der Waals surface area contributed by atoms with Crippen LogP contribution in [0.25, 0.3) is 0 Å². The fraction of sp³-hybridized carbons (Fsp3) is 0.250. The van der Waals surface area contributed by atoms with Gasteiger partial charge in [0.2, 0.25) is 0 Å². The average Bonchev–Trinajstić information content (AvgIpc) is 2.74. The summed E-state index contributed by atoms with van der Waals surface area (Å²) < 4.78 is 8.88. The summed E-state index contributed by atoms with van der Waals surface area (Å²) in [7, 11) is 0. The third kappa shape index (κ3) is 2.88. The van der Waals surface area contributed by atoms with Crippen LogP contribution in [0, 0.1) is 13.8 Å². The van der Waals surface area contributed by atoms with Crippen LogP contribution in [0.1, 0.15) is 26.5 Å². The van der Waals surface area contributed by atoms with Crippen molar-refractivity contribution in [1.29, 1.82) is 0 Å². The molecule has 4 nitrogen and oxygen atoms in total. The van der Waals surface area contributed by atoms with E-state index in [9.17, 15) is 4.79 Å². The van der Waals surface area contributed by atoms with E-state index in [2.05, 4.69) is 9.59 Å². The maximum absolute atomic E-state index is 11.7. The van der Waals surface area contributed by atoms with Crippen molar-refractivity contribution in [3.05, 3.63) is 46.0 Å². The predicted octanol–water partition coefficient (Wildman–Crippen LogP) is 2.51. The van der Waals surface area contributed by atoms with Crippen LogP contribution in [-0.4, -0.2) is 15.6 Å². The van der Waals surface area contributed by atoms with Gasteiger partial charge in [-0.05, 0) is 30.9 Å². The van der Waals surface area contributed by atoms with Crippen LogP contribution in [0.2, 0.25) is 0 Å². The normalized spacial score (nSPS) is 10.2. The number of carbonyl (C=O) groups is 1.